The van der Waals surface area contributed by atoms with Crippen LogP contribution in [0.15, 0.2) is 36.8 Å². The van der Waals surface area contributed by atoms with Crippen molar-refractivity contribution in [3.63, 3.8) is 0 Å². The number of imide groups is 1. The molecule has 4 amide bonds. The highest BCUT2D eigenvalue weighted by molar-refractivity contribution is 6.01. The van der Waals surface area contributed by atoms with Crippen molar-refractivity contribution in [3.05, 3.63) is 48.2 Å². The van der Waals surface area contributed by atoms with Crippen LogP contribution in [0.1, 0.15) is 94.3 Å². The molecule has 0 radical (unpaired) electrons. The minimum absolute atomic E-state index is 0.00513. The number of piperazine rings is 2. The number of ether oxygens (including phenoxy) is 1. The monoisotopic (exact) mass is 968 g/mol. The Hall–Kier alpha value is -5.89. The number of carbonyl (C=O) groups excluding carboxylic acids is 5. The predicted molar refractivity (Wildman–Crippen MR) is 262 cm³/mol. The number of carbonyl (C=O) groups is 5. The SMILES string of the molecule is CCOC(=O)c1cnc(Nc2cnn(C)c2)nc1NC1CCC(N2CCN(C(=O)C3CCC(C(=O)N4CCC(CN5CCN(c6ccc(N[C@@H]7CCC(=O)NC7=O)cc6F)CC5)CC4)CC3)CC2)CC1. The van der Waals surface area contributed by atoms with Gasteiger partial charge in [-0.1, -0.05) is 0 Å². The number of esters is 1. The summed E-state index contributed by atoms with van der Waals surface area (Å²) in [5.74, 6) is 0.380. The molecule has 1 atom stereocenters. The number of nitrogens with zero attached hydrogens (tertiary/aromatic N) is 9. The predicted octanol–water partition coefficient (Wildman–Crippen LogP) is 4.22. The van der Waals surface area contributed by atoms with E-state index in [0.717, 1.165) is 142 Å². The Balaban J connectivity index is 0.651. The number of hydrogen-bond donors (Lipinski definition) is 4. The van der Waals surface area contributed by atoms with Crippen LogP contribution in [0, 0.1) is 23.6 Å². The summed E-state index contributed by atoms with van der Waals surface area (Å²) in [6.07, 6.45) is 14.6. The van der Waals surface area contributed by atoms with Crippen molar-refractivity contribution in [1.82, 2.24) is 44.7 Å². The third kappa shape index (κ3) is 12.0. The second-order valence-electron chi connectivity index (χ2n) is 20.1. The quantitative estimate of drug-likeness (QED) is 0.132. The molecule has 378 valence electrons. The van der Waals surface area contributed by atoms with Gasteiger partial charge in [-0.05, 0) is 102 Å². The Kier molecular flexibility index (Phi) is 15.8. The number of rotatable bonds is 14. The summed E-state index contributed by atoms with van der Waals surface area (Å²) < 4.78 is 22.3. The van der Waals surface area contributed by atoms with Gasteiger partial charge in [0.2, 0.25) is 29.6 Å². The summed E-state index contributed by atoms with van der Waals surface area (Å²) >= 11 is 0. The zero-order valence-corrected chi connectivity index (χ0v) is 40.8. The number of aromatic nitrogens is 4. The Morgan fingerprint density at radius 2 is 1.47 bits per heavy atom. The van der Waals surface area contributed by atoms with Gasteiger partial charge in [0, 0.05) is 127 Å². The smallest absolute Gasteiger partial charge is 0.343 e. The molecule has 4 N–H and O–H groups in total. The van der Waals surface area contributed by atoms with E-state index in [9.17, 15) is 24.0 Å². The fraction of sp³-hybridized carbons (Fsp3) is 0.640. The van der Waals surface area contributed by atoms with Gasteiger partial charge in [-0.25, -0.2) is 14.2 Å². The van der Waals surface area contributed by atoms with Gasteiger partial charge >= 0.3 is 5.97 Å². The van der Waals surface area contributed by atoms with Crippen LogP contribution < -0.4 is 26.2 Å². The highest BCUT2D eigenvalue weighted by atomic mass is 19.1. The first-order valence-corrected chi connectivity index (χ1v) is 25.7. The van der Waals surface area contributed by atoms with E-state index in [0.29, 0.717) is 47.1 Å². The number of halogens is 1. The van der Waals surface area contributed by atoms with E-state index in [4.69, 9.17) is 4.74 Å². The van der Waals surface area contributed by atoms with E-state index in [1.165, 1.54) is 12.3 Å². The van der Waals surface area contributed by atoms with E-state index in [1.807, 2.05) is 13.2 Å². The van der Waals surface area contributed by atoms with Crippen LogP contribution in [0.5, 0.6) is 0 Å². The van der Waals surface area contributed by atoms with Crippen LogP contribution in [0.3, 0.4) is 0 Å². The van der Waals surface area contributed by atoms with Crippen LogP contribution in [0.4, 0.5) is 33.2 Å². The first-order chi connectivity index (χ1) is 34.0. The maximum atomic E-state index is 15.3. The Bertz CT molecular complexity index is 2330. The lowest BCUT2D eigenvalue weighted by molar-refractivity contribution is -0.143. The van der Waals surface area contributed by atoms with Gasteiger partial charge in [-0.2, -0.15) is 10.1 Å². The molecule has 6 aliphatic rings. The normalized spacial score (nSPS) is 25.3. The zero-order valence-electron chi connectivity index (χ0n) is 40.8. The van der Waals surface area contributed by atoms with Crippen LogP contribution in [0.2, 0.25) is 0 Å². The van der Waals surface area contributed by atoms with E-state index < -0.39 is 12.0 Å². The number of piperidine rings is 2. The van der Waals surface area contributed by atoms with Crippen molar-refractivity contribution >= 4 is 58.4 Å². The van der Waals surface area contributed by atoms with Crippen molar-refractivity contribution in [1.29, 1.82) is 0 Å². The topological polar surface area (TPSA) is 202 Å². The van der Waals surface area contributed by atoms with Gasteiger partial charge < -0.3 is 35.4 Å². The molecule has 6 fully saturated rings. The van der Waals surface area contributed by atoms with Crippen LogP contribution >= 0.6 is 0 Å². The molecule has 2 aliphatic carbocycles. The number of anilines is 5. The summed E-state index contributed by atoms with van der Waals surface area (Å²) in [5, 5.41) is 16.3. The molecule has 0 bridgehead atoms. The van der Waals surface area contributed by atoms with E-state index in [2.05, 4.69) is 60.8 Å². The van der Waals surface area contributed by atoms with E-state index in [1.54, 1.807) is 29.9 Å². The molecule has 0 spiro atoms. The lowest BCUT2D eigenvalue weighted by atomic mass is 9.80. The minimum atomic E-state index is -0.559. The van der Waals surface area contributed by atoms with Crippen molar-refractivity contribution in [2.75, 3.05) is 99.4 Å². The second-order valence-corrected chi connectivity index (χ2v) is 20.1. The number of nitrogens with one attached hydrogen (secondary N) is 4. The highest BCUT2D eigenvalue weighted by Gasteiger charge is 2.37. The van der Waals surface area contributed by atoms with Crippen LogP contribution in [0.25, 0.3) is 0 Å². The second kappa shape index (κ2) is 22.5. The minimum Gasteiger partial charge on any atom is -0.462 e. The standard InChI is InChI=1S/C50H70FN13O6/c1-3-70-49(69)40-30-52-50(56-38-29-53-59(2)32-38)58-45(40)55-36-8-11-39(12-9-36)61-24-26-64(27-25-61)48(68)35-6-4-34(5-7-35)47(67)63-18-16-33(17-19-63)31-60-20-22-62(23-21-60)43-14-10-37(28-41(43)51)54-42-13-15-44(65)57-46(42)66/h10,14,28-30,32-36,39,42,54H,3-9,11-13,15-27,31H2,1-2H3,(H,57,65,66)(H2,52,55,56,58)/t34?,35?,36?,39?,42-/m1/s1. The van der Waals surface area contributed by atoms with Crippen molar-refractivity contribution in [3.8, 4) is 0 Å². The molecule has 2 saturated carbocycles. The summed E-state index contributed by atoms with van der Waals surface area (Å²) in [6, 6.07) is 5.02. The number of benzene rings is 1. The van der Waals surface area contributed by atoms with Gasteiger partial charge in [0.1, 0.15) is 23.2 Å². The zero-order chi connectivity index (χ0) is 48.7. The van der Waals surface area contributed by atoms with Gasteiger partial charge in [0.25, 0.3) is 0 Å². The maximum Gasteiger partial charge on any atom is 0.343 e. The highest BCUT2D eigenvalue weighted by Crippen LogP contribution is 2.34. The molecule has 4 aliphatic heterocycles. The summed E-state index contributed by atoms with van der Waals surface area (Å²) in [5.41, 5.74) is 2.13. The van der Waals surface area contributed by atoms with Crippen molar-refractivity contribution < 1.29 is 33.1 Å². The van der Waals surface area contributed by atoms with E-state index in [-0.39, 0.29) is 60.4 Å². The molecule has 2 aromatic heterocycles. The first-order valence-electron chi connectivity index (χ1n) is 25.7. The average Bonchev–Trinajstić information content (AvgIpc) is 3.79. The Morgan fingerprint density at radius 1 is 0.786 bits per heavy atom. The van der Waals surface area contributed by atoms with Gasteiger partial charge in [-0.3, -0.25) is 39.0 Å². The average molecular weight is 968 g/mol. The number of hydrogen-bond acceptors (Lipinski definition) is 15. The summed E-state index contributed by atoms with van der Waals surface area (Å²) in [4.78, 5) is 84.2. The molecule has 6 heterocycles. The summed E-state index contributed by atoms with van der Waals surface area (Å²) in [6.45, 7) is 10.9. The Morgan fingerprint density at radius 3 is 2.10 bits per heavy atom. The largest absolute Gasteiger partial charge is 0.462 e. The number of aryl methyl sites for hydroxylation is 1. The molecule has 70 heavy (non-hydrogen) atoms. The van der Waals surface area contributed by atoms with Crippen molar-refractivity contribution in [2.24, 2.45) is 24.8 Å². The third-order valence-electron chi connectivity index (χ3n) is 15.5. The number of amides is 4. The molecule has 0 unspecified atom stereocenters. The molecule has 3 aromatic rings. The maximum absolute atomic E-state index is 15.3. The van der Waals surface area contributed by atoms with Crippen LogP contribution in [-0.2, 0) is 31.0 Å². The van der Waals surface area contributed by atoms with E-state index >= 15 is 4.39 Å². The van der Waals surface area contributed by atoms with Crippen LogP contribution in [-0.4, -0.2) is 166 Å². The molecule has 1 aromatic carbocycles. The lowest BCUT2D eigenvalue weighted by Crippen LogP contribution is -2.54. The van der Waals surface area contributed by atoms with Gasteiger partial charge in [-0.15, -0.1) is 0 Å². The molecular formula is C50H70FN13O6. The fourth-order valence-electron chi connectivity index (χ4n) is 11.5. The summed E-state index contributed by atoms with van der Waals surface area (Å²) in [7, 11) is 1.83. The molecular weight excluding hydrogens is 898 g/mol. The Labute approximate surface area is 409 Å². The van der Waals surface area contributed by atoms with Crippen molar-refractivity contribution in [2.45, 2.75) is 102 Å². The van der Waals surface area contributed by atoms with Gasteiger partial charge in [0.05, 0.1) is 24.2 Å². The lowest BCUT2D eigenvalue weighted by Gasteiger charge is -2.43. The third-order valence-corrected chi connectivity index (χ3v) is 15.5. The number of likely N-dealkylation sites (tertiary alicyclic amines) is 1. The fourth-order valence-corrected chi connectivity index (χ4v) is 11.5. The molecule has 20 heteroatoms. The molecule has 4 saturated heterocycles. The molecule has 9 rings (SSSR count). The molecule has 19 nitrogen and oxygen atoms in total. The first kappa shape index (κ1) is 49.1. The van der Waals surface area contributed by atoms with Gasteiger partial charge in [0.15, 0.2) is 0 Å².